The van der Waals surface area contributed by atoms with Crippen molar-refractivity contribution < 1.29 is 19.1 Å². The standard InChI is InChI=1S/C13H11Cl2NO4/c1-13(2)19-11(17)8(12(18)20-13)6-16-10-5-7(14)3-4-9(10)15/h3-6,16H,1-2H3. The Kier molecular flexibility index (Phi) is 3.92. The molecule has 2 rings (SSSR count). The van der Waals surface area contributed by atoms with Gasteiger partial charge in [0.25, 0.3) is 5.79 Å². The Hall–Kier alpha value is -1.72. The van der Waals surface area contributed by atoms with Crippen LogP contribution in [0.4, 0.5) is 5.69 Å². The molecule has 1 aliphatic heterocycles. The average Bonchev–Trinajstić information content (AvgIpc) is 2.30. The average molecular weight is 316 g/mol. The predicted octanol–water partition coefficient (Wildman–Crippen LogP) is 3.13. The minimum absolute atomic E-state index is 0.250. The quantitative estimate of drug-likeness (QED) is 0.516. The number of nitrogens with one attached hydrogen (secondary N) is 1. The van der Waals surface area contributed by atoms with Gasteiger partial charge in [-0.2, -0.15) is 0 Å². The normalized spacial score (nSPS) is 17.3. The van der Waals surface area contributed by atoms with Crippen molar-refractivity contribution in [2.24, 2.45) is 0 Å². The van der Waals surface area contributed by atoms with Crippen molar-refractivity contribution in [2.75, 3.05) is 5.32 Å². The van der Waals surface area contributed by atoms with Crippen molar-refractivity contribution in [2.45, 2.75) is 19.6 Å². The molecular weight excluding hydrogens is 305 g/mol. The Labute approximate surface area is 125 Å². The maximum atomic E-state index is 11.7. The van der Waals surface area contributed by atoms with E-state index in [1.54, 1.807) is 18.2 Å². The highest BCUT2D eigenvalue weighted by Gasteiger charge is 2.38. The summed E-state index contributed by atoms with van der Waals surface area (Å²) in [5, 5.41) is 3.59. The lowest BCUT2D eigenvalue weighted by Crippen LogP contribution is -2.42. The van der Waals surface area contributed by atoms with Crippen molar-refractivity contribution in [3.63, 3.8) is 0 Å². The summed E-state index contributed by atoms with van der Waals surface area (Å²) >= 11 is 11.8. The topological polar surface area (TPSA) is 64.6 Å². The highest BCUT2D eigenvalue weighted by molar-refractivity contribution is 6.35. The van der Waals surface area contributed by atoms with E-state index in [2.05, 4.69) is 5.32 Å². The number of cyclic esters (lactones) is 2. The number of esters is 2. The van der Waals surface area contributed by atoms with Gasteiger partial charge >= 0.3 is 11.9 Å². The molecule has 0 bridgehead atoms. The second kappa shape index (κ2) is 5.34. The molecule has 0 atom stereocenters. The Balaban J connectivity index is 2.21. The fourth-order valence-electron chi connectivity index (χ4n) is 1.54. The summed E-state index contributed by atoms with van der Waals surface area (Å²) in [6.45, 7) is 2.95. The van der Waals surface area contributed by atoms with Crippen LogP contribution in [0.3, 0.4) is 0 Å². The summed E-state index contributed by atoms with van der Waals surface area (Å²) in [6, 6.07) is 4.77. The Morgan fingerprint density at radius 3 is 2.35 bits per heavy atom. The molecule has 106 valence electrons. The fraction of sp³-hybridized carbons (Fsp3) is 0.231. The van der Waals surface area contributed by atoms with Crippen LogP contribution in [0.25, 0.3) is 0 Å². The Morgan fingerprint density at radius 2 is 1.75 bits per heavy atom. The number of benzene rings is 1. The number of halogens is 2. The van der Waals surface area contributed by atoms with Crippen molar-refractivity contribution in [3.05, 3.63) is 40.0 Å². The lowest BCUT2D eigenvalue weighted by atomic mass is 10.2. The highest BCUT2D eigenvalue weighted by Crippen LogP contribution is 2.27. The van der Waals surface area contributed by atoms with E-state index >= 15 is 0 Å². The number of anilines is 1. The van der Waals surface area contributed by atoms with E-state index in [4.69, 9.17) is 32.7 Å². The smallest absolute Gasteiger partial charge is 0.350 e. The van der Waals surface area contributed by atoms with Gasteiger partial charge in [0.2, 0.25) is 0 Å². The van der Waals surface area contributed by atoms with Gasteiger partial charge in [0.1, 0.15) is 0 Å². The minimum Gasteiger partial charge on any atom is -0.419 e. The van der Waals surface area contributed by atoms with Gasteiger partial charge in [0, 0.05) is 25.1 Å². The van der Waals surface area contributed by atoms with Crippen LogP contribution in [0.15, 0.2) is 30.0 Å². The van der Waals surface area contributed by atoms with Gasteiger partial charge in [-0.3, -0.25) is 0 Å². The molecule has 1 fully saturated rings. The maximum absolute atomic E-state index is 11.7. The fourth-order valence-corrected chi connectivity index (χ4v) is 1.88. The van der Waals surface area contributed by atoms with Crippen LogP contribution in [0.5, 0.6) is 0 Å². The lowest BCUT2D eigenvalue weighted by Gasteiger charge is -2.29. The number of hydrogen-bond acceptors (Lipinski definition) is 5. The van der Waals surface area contributed by atoms with Gasteiger partial charge in [0.05, 0.1) is 10.7 Å². The molecule has 0 saturated carbocycles. The molecule has 1 aromatic carbocycles. The molecule has 20 heavy (non-hydrogen) atoms. The Morgan fingerprint density at radius 1 is 1.15 bits per heavy atom. The molecule has 1 aliphatic rings. The molecule has 1 aromatic rings. The van der Waals surface area contributed by atoms with Gasteiger partial charge in [-0.15, -0.1) is 0 Å². The summed E-state index contributed by atoms with van der Waals surface area (Å²) < 4.78 is 9.90. The van der Waals surface area contributed by atoms with E-state index in [0.29, 0.717) is 15.7 Å². The third-order valence-corrected chi connectivity index (χ3v) is 2.98. The minimum atomic E-state index is -1.26. The number of rotatable bonds is 2. The molecular formula is C13H11Cl2NO4. The van der Waals surface area contributed by atoms with Crippen LogP contribution in [0, 0.1) is 0 Å². The van der Waals surface area contributed by atoms with Crippen LogP contribution in [0.2, 0.25) is 10.0 Å². The number of ether oxygens (including phenoxy) is 2. The summed E-state index contributed by atoms with van der Waals surface area (Å²) in [6.07, 6.45) is 1.18. The van der Waals surface area contributed by atoms with Gasteiger partial charge in [-0.05, 0) is 18.2 Å². The van der Waals surface area contributed by atoms with Crippen LogP contribution in [-0.4, -0.2) is 17.7 Å². The van der Waals surface area contributed by atoms with Gasteiger partial charge in [0.15, 0.2) is 5.57 Å². The van der Waals surface area contributed by atoms with E-state index in [0.717, 1.165) is 0 Å². The molecule has 5 nitrogen and oxygen atoms in total. The van der Waals surface area contributed by atoms with Crippen molar-refractivity contribution >= 4 is 40.8 Å². The summed E-state index contributed by atoms with van der Waals surface area (Å²) in [5.74, 6) is -2.80. The van der Waals surface area contributed by atoms with Crippen LogP contribution in [0.1, 0.15) is 13.8 Å². The van der Waals surface area contributed by atoms with Gasteiger partial charge in [-0.1, -0.05) is 23.2 Å². The van der Waals surface area contributed by atoms with Crippen molar-refractivity contribution in [3.8, 4) is 0 Å². The largest absolute Gasteiger partial charge is 0.419 e. The molecule has 0 aliphatic carbocycles. The molecule has 1 heterocycles. The third kappa shape index (κ3) is 3.23. The van der Waals surface area contributed by atoms with E-state index < -0.39 is 17.7 Å². The first-order chi connectivity index (χ1) is 9.28. The number of carbonyl (C=O) groups excluding carboxylic acids is 2. The molecule has 0 amide bonds. The summed E-state index contributed by atoms with van der Waals surface area (Å²) in [5.41, 5.74) is 0.206. The highest BCUT2D eigenvalue weighted by atomic mass is 35.5. The molecule has 0 spiro atoms. The first-order valence-electron chi connectivity index (χ1n) is 5.67. The maximum Gasteiger partial charge on any atom is 0.350 e. The van der Waals surface area contributed by atoms with Crippen molar-refractivity contribution in [1.29, 1.82) is 0 Å². The molecule has 0 radical (unpaired) electrons. The van der Waals surface area contributed by atoms with Crippen LogP contribution in [-0.2, 0) is 19.1 Å². The predicted molar refractivity (Wildman–Crippen MR) is 74.4 cm³/mol. The van der Waals surface area contributed by atoms with Gasteiger partial charge in [-0.25, -0.2) is 9.59 Å². The van der Waals surface area contributed by atoms with Gasteiger partial charge < -0.3 is 14.8 Å². The zero-order chi connectivity index (χ0) is 14.9. The molecule has 7 heteroatoms. The zero-order valence-electron chi connectivity index (χ0n) is 10.7. The zero-order valence-corrected chi connectivity index (χ0v) is 12.2. The van der Waals surface area contributed by atoms with Crippen LogP contribution >= 0.6 is 23.2 Å². The second-order valence-electron chi connectivity index (χ2n) is 4.51. The first kappa shape index (κ1) is 14.7. The second-order valence-corrected chi connectivity index (χ2v) is 5.35. The van der Waals surface area contributed by atoms with Crippen molar-refractivity contribution in [1.82, 2.24) is 0 Å². The summed E-state index contributed by atoms with van der Waals surface area (Å²) in [4.78, 5) is 23.4. The summed E-state index contributed by atoms with van der Waals surface area (Å²) in [7, 11) is 0. The first-order valence-corrected chi connectivity index (χ1v) is 6.42. The third-order valence-electron chi connectivity index (χ3n) is 2.42. The van der Waals surface area contributed by atoms with E-state index in [-0.39, 0.29) is 5.57 Å². The van der Waals surface area contributed by atoms with E-state index in [1.165, 1.54) is 20.0 Å². The SMILES string of the molecule is CC1(C)OC(=O)C(=CNc2cc(Cl)ccc2Cl)C(=O)O1. The van der Waals surface area contributed by atoms with Crippen LogP contribution < -0.4 is 5.32 Å². The monoisotopic (exact) mass is 315 g/mol. The number of carbonyl (C=O) groups is 2. The molecule has 1 N–H and O–H groups in total. The van der Waals surface area contributed by atoms with E-state index in [1.807, 2.05) is 0 Å². The number of hydrogen-bond donors (Lipinski definition) is 1. The molecule has 0 aromatic heterocycles. The Bertz CT molecular complexity index is 588. The molecule has 1 saturated heterocycles. The lowest BCUT2D eigenvalue weighted by molar-refractivity contribution is -0.222. The molecule has 0 unspecified atom stereocenters. The van der Waals surface area contributed by atoms with E-state index in [9.17, 15) is 9.59 Å².